The van der Waals surface area contributed by atoms with Crippen LogP contribution in [0.1, 0.15) is 47.0 Å². The fourth-order valence-corrected chi connectivity index (χ4v) is 2.61. The highest BCUT2D eigenvalue weighted by atomic mass is 16.7. The lowest BCUT2D eigenvalue weighted by Crippen LogP contribution is -2.57. The van der Waals surface area contributed by atoms with E-state index < -0.39 is 29.5 Å². The van der Waals surface area contributed by atoms with Gasteiger partial charge in [-0.15, -0.1) is 0 Å². The number of nitrogens with zero attached hydrogens (tertiary/aromatic N) is 2. The molecule has 0 aromatic heterocycles. The molecule has 9 nitrogen and oxygen atoms in total. The highest BCUT2D eigenvalue weighted by molar-refractivity contribution is 5.91. The topological polar surface area (TPSA) is 128 Å². The second-order valence-corrected chi connectivity index (χ2v) is 7.09. The third-order valence-corrected chi connectivity index (χ3v) is 4.40. The molecule has 0 heterocycles. The molecule has 0 radical (unpaired) electrons. The van der Waals surface area contributed by atoms with Gasteiger partial charge in [0.15, 0.2) is 0 Å². The van der Waals surface area contributed by atoms with Gasteiger partial charge in [0.25, 0.3) is 0 Å². The number of ether oxygens (including phenoxy) is 2. The molecule has 0 spiro atoms. The maximum Gasteiger partial charge on any atom is 0.247 e. The molecule has 0 aliphatic heterocycles. The summed E-state index contributed by atoms with van der Waals surface area (Å²) in [5.41, 5.74) is 10.5. The van der Waals surface area contributed by atoms with Gasteiger partial charge in [-0.3, -0.25) is 14.4 Å². The maximum absolute atomic E-state index is 12.9. The first-order valence-electron chi connectivity index (χ1n) is 9.25. The van der Waals surface area contributed by atoms with Gasteiger partial charge in [-0.25, -0.2) is 0 Å². The summed E-state index contributed by atoms with van der Waals surface area (Å²) in [6.07, 6.45) is 1.17. The van der Waals surface area contributed by atoms with Gasteiger partial charge in [0, 0.05) is 40.1 Å². The zero-order chi connectivity index (χ0) is 21.2. The van der Waals surface area contributed by atoms with Gasteiger partial charge in [0.05, 0.1) is 5.60 Å². The van der Waals surface area contributed by atoms with Crippen LogP contribution in [0.3, 0.4) is 0 Å². The molecule has 4 N–H and O–H groups in total. The summed E-state index contributed by atoms with van der Waals surface area (Å²) in [5, 5.41) is 0. The zero-order valence-electron chi connectivity index (χ0n) is 17.5. The van der Waals surface area contributed by atoms with Crippen LogP contribution in [0.2, 0.25) is 0 Å². The summed E-state index contributed by atoms with van der Waals surface area (Å²) >= 11 is 0. The van der Waals surface area contributed by atoms with Crippen LogP contribution in [-0.4, -0.2) is 79.2 Å². The number of likely N-dealkylation sites (N-methyl/N-ethyl adjacent to an activating group) is 2. The van der Waals surface area contributed by atoms with E-state index in [1.54, 1.807) is 13.8 Å². The molecule has 0 rings (SSSR count). The average molecular weight is 389 g/mol. The summed E-state index contributed by atoms with van der Waals surface area (Å²) in [5.74, 6) is -1.27. The molecule has 0 aromatic carbocycles. The maximum atomic E-state index is 12.9. The van der Waals surface area contributed by atoms with Gasteiger partial charge in [0.1, 0.15) is 18.9 Å². The fraction of sp³-hybridized carbons (Fsp3) is 0.833. The Labute approximate surface area is 162 Å². The van der Waals surface area contributed by atoms with Crippen molar-refractivity contribution < 1.29 is 23.9 Å². The number of hydrogen-bond donors (Lipinski definition) is 2. The number of hydrogen-bond acceptors (Lipinski definition) is 6. The minimum absolute atomic E-state index is 0.0508. The number of primary amides is 1. The van der Waals surface area contributed by atoms with Crippen molar-refractivity contribution in [2.24, 2.45) is 11.5 Å². The first kappa shape index (κ1) is 25.3. The van der Waals surface area contributed by atoms with Gasteiger partial charge in [-0.05, 0) is 27.2 Å². The molecule has 27 heavy (non-hydrogen) atoms. The molecule has 0 saturated heterocycles. The molecule has 0 aromatic rings. The van der Waals surface area contributed by atoms with Crippen LogP contribution < -0.4 is 11.5 Å². The van der Waals surface area contributed by atoms with Gasteiger partial charge in [0.2, 0.25) is 17.7 Å². The minimum atomic E-state index is -0.905. The van der Waals surface area contributed by atoms with E-state index in [4.69, 9.17) is 20.9 Å². The monoisotopic (exact) mass is 388 g/mol. The van der Waals surface area contributed by atoms with Crippen LogP contribution in [-0.2, 0) is 23.9 Å². The Balaban J connectivity index is 5.27. The van der Waals surface area contributed by atoms with Crippen molar-refractivity contribution >= 4 is 17.7 Å². The molecule has 0 saturated carbocycles. The second-order valence-electron chi connectivity index (χ2n) is 7.09. The fourth-order valence-electron chi connectivity index (χ4n) is 2.61. The quantitative estimate of drug-likeness (QED) is 0.339. The van der Waals surface area contributed by atoms with E-state index in [-0.39, 0.29) is 25.7 Å². The van der Waals surface area contributed by atoms with E-state index >= 15 is 0 Å². The third kappa shape index (κ3) is 8.23. The van der Waals surface area contributed by atoms with E-state index in [2.05, 4.69) is 0 Å². The van der Waals surface area contributed by atoms with Crippen LogP contribution in [0.15, 0.2) is 0 Å². The standard InChI is InChI=1S/C18H36N4O5/c1-7-9-15(23)21(5)14(11-19)17(25)22(6)13(16(20)24)10-18(3,4)27-12-26-8-2/h13-14H,7-12,19H2,1-6H3,(H2,20,24)/t13-,14+/m0/s1. The number of rotatable bonds is 13. The minimum Gasteiger partial charge on any atom is -0.368 e. The molecule has 158 valence electrons. The third-order valence-electron chi connectivity index (χ3n) is 4.40. The first-order valence-corrected chi connectivity index (χ1v) is 9.25. The lowest BCUT2D eigenvalue weighted by atomic mass is 9.96. The van der Waals surface area contributed by atoms with Gasteiger partial charge >= 0.3 is 0 Å². The molecular weight excluding hydrogens is 352 g/mol. The number of nitrogens with two attached hydrogens (primary N) is 2. The Hall–Kier alpha value is -1.71. The zero-order valence-corrected chi connectivity index (χ0v) is 17.5. The molecule has 2 atom stereocenters. The van der Waals surface area contributed by atoms with Crippen molar-refractivity contribution in [1.82, 2.24) is 9.80 Å². The highest BCUT2D eigenvalue weighted by Crippen LogP contribution is 2.20. The number of carbonyl (C=O) groups excluding carboxylic acids is 3. The molecular formula is C18H36N4O5. The van der Waals surface area contributed by atoms with Gasteiger partial charge < -0.3 is 30.7 Å². The average Bonchev–Trinajstić information content (AvgIpc) is 2.59. The van der Waals surface area contributed by atoms with Crippen LogP contribution >= 0.6 is 0 Å². The predicted octanol–water partition coefficient (Wildman–Crippen LogP) is 0.0638. The van der Waals surface area contributed by atoms with Crippen molar-refractivity contribution in [3.8, 4) is 0 Å². The van der Waals surface area contributed by atoms with Crippen LogP contribution in [0.25, 0.3) is 0 Å². The number of carbonyl (C=O) groups is 3. The second kappa shape index (κ2) is 11.9. The summed E-state index contributed by atoms with van der Waals surface area (Å²) in [4.78, 5) is 39.6. The summed E-state index contributed by atoms with van der Waals surface area (Å²) in [7, 11) is 3.02. The van der Waals surface area contributed by atoms with E-state index in [0.717, 1.165) is 0 Å². The summed E-state index contributed by atoms with van der Waals surface area (Å²) in [6.45, 7) is 7.83. The molecule has 0 fully saturated rings. The Morgan fingerprint density at radius 3 is 2.11 bits per heavy atom. The first-order chi connectivity index (χ1) is 12.5. The summed E-state index contributed by atoms with van der Waals surface area (Å²) in [6, 6.07) is -1.76. The molecule has 0 unspecified atom stereocenters. The van der Waals surface area contributed by atoms with Gasteiger partial charge in [-0.2, -0.15) is 0 Å². The van der Waals surface area contributed by atoms with E-state index in [0.29, 0.717) is 19.4 Å². The van der Waals surface area contributed by atoms with Crippen LogP contribution in [0.5, 0.6) is 0 Å². The molecule has 0 aliphatic carbocycles. The Morgan fingerprint density at radius 2 is 1.67 bits per heavy atom. The Morgan fingerprint density at radius 1 is 1.07 bits per heavy atom. The van der Waals surface area contributed by atoms with E-state index in [9.17, 15) is 14.4 Å². The lowest BCUT2D eigenvalue weighted by molar-refractivity contribution is -0.153. The van der Waals surface area contributed by atoms with Crippen molar-refractivity contribution in [2.45, 2.75) is 64.6 Å². The van der Waals surface area contributed by atoms with Crippen molar-refractivity contribution in [1.29, 1.82) is 0 Å². The molecule has 9 heteroatoms. The Kier molecular flexibility index (Phi) is 11.1. The smallest absolute Gasteiger partial charge is 0.247 e. The van der Waals surface area contributed by atoms with Crippen molar-refractivity contribution in [2.75, 3.05) is 34.0 Å². The van der Waals surface area contributed by atoms with Crippen molar-refractivity contribution in [3.05, 3.63) is 0 Å². The van der Waals surface area contributed by atoms with E-state index in [1.807, 2.05) is 13.8 Å². The molecule has 0 bridgehead atoms. The summed E-state index contributed by atoms with van der Waals surface area (Å²) < 4.78 is 10.8. The normalized spacial score (nSPS) is 13.7. The molecule has 0 aliphatic rings. The predicted molar refractivity (Wildman–Crippen MR) is 103 cm³/mol. The largest absolute Gasteiger partial charge is 0.368 e. The van der Waals surface area contributed by atoms with Gasteiger partial charge in [-0.1, -0.05) is 6.92 Å². The lowest BCUT2D eigenvalue weighted by Gasteiger charge is -2.36. The van der Waals surface area contributed by atoms with Crippen molar-refractivity contribution in [3.63, 3.8) is 0 Å². The van der Waals surface area contributed by atoms with Crippen LogP contribution in [0, 0.1) is 0 Å². The molecule has 3 amide bonds. The van der Waals surface area contributed by atoms with E-state index in [1.165, 1.54) is 23.9 Å². The SMILES string of the molecule is CCCC(=O)N(C)[C@H](CN)C(=O)N(C)[C@@H](CC(C)(C)OCOCC)C(N)=O. The van der Waals surface area contributed by atoms with Crippen LogP contribution in [0.4, 0.5) is 0 Å². The Bertz CT molecular complexity index is 498. The number of amides is 3. The highest BCUT2D eigenvalue weighted by Gasteiger charge is 2.36.